The Labute approximate surface area is 183 Å². The average Bonchev–Trinajstić information content (AvgIpc) is 2.78. The highest BCUT2D eigenvalue weighted by Crippen LogP contribution is 2.26. The maximum atomic E-state index is 13.5. The number of nitro benzene ring substituents is 1. The number of para-hydroxylation sites is 1. The van der Waals surface area contributed by atoms with Crippen LogP contribution in [-0.2, 0) is 13.1 Å². The van der Waals surface area contributed by atoms with Crippen molar-refractivity contribution in [3.63, 3.8) is 0 Å². The van der Waals surface area contributed by atoms with Crippen molar-refractivity contribution in [1.82, 2.24) is 9.55 Å². The van der Waals surface area contributed by atoms with E-state index in [1.54, 1.807) is 30.3 Å². The molecule has 0 aliphatic rings. The first-order valence-corrected chi connectivity index (χ1v) is 10.1. The van der Waals surface area contributed by atoms with Gasteiger partial charge in [0, 0.05) is 12.6 Å². The summed E-state index contributed by atoms with van der Waals surface area (Å²) >= 11 is 0. The molecule has 2 aromatic carbocycles. The van der Waals surface area contributed by atoms with E-state index in [2.05, 4.69) is 4.98 Å². The van der Waals surface area contributed by atoms with Gasteiger partial charge in [0.1, 0.15) is 11.4 Å². The first kappa shape index (κ1) is 22.5. The minimum atomic E-state index is -0.844. The van der Waals surface area contributed by atoms with E-state index in [0.717, 1.165) is 11.3 Å². The van der Waals surface area contributed by atoms with Gasteiger partial charge in [0.25, 0.3) is 17.2 Å². The average molecular weight is 437 g/mol. The first-order valence-electron chi connectivity index (χ1n) is 10.1. The molecule has 3 aromatic rings. The Morgan fingerprint density at radius 3 is 2.44 bits per heavy atom. The number of carbonyl (C=O) groups is 1. The normalized spacial score (nSPS) is 10.7. The standard InChI is InChI=1S/C22H23N5O5/c1-2-3-13-25-19(23)18(20(28)24-22(25)30)26(14-15-9-5-4-6-10-15)21(29)16-11-7-8-12-17(16)27(31)32/h4-12H,2-3,13-14,23H2,1H3,(H,24,28,30). The molecular formula is C22H23N5O5. The van der Waals surface area contributed by atoms with Crippen LogP contribution in [0.15, 0.2) is 64.2 Å². The highest BCUT2D eigenvalue weighted by molar-refractivity contribution is 6.09. The predicted octanol–water partition coefficient (Wildman–Crippen LogP) is 2.67. The fraction of sp³-hybridized carbons (Fsp3) is 0.227. The van der Waals surface area contributed by atoms with Gasteiger partial charge in [-0.1, -0.05) is 55.8 Å². The number of benzene rings is 2. The largest absolute Gasteiger partial charge is 0.383 e. The number of nitro groups is 1. The molecule has 10 heteroatoms. The number of amides is 1. The third-order valence-electron chi connectivity index (χ3n) is 4.98. The lowest BCUT2D eigenvalue weighted by Crippen LogP contribution is -2.41. The Bertz CT molecular complexity index is 1250. The van der Waals surface area contributed by atoms with Gasteiger partial charge in [0.15, 0.2) is 5.69 Å². The van der Waals surface area contributed by atoms with Crippen LogP contribution in [0.4, 0.5) is 17.2 Å². The predicted molar refractivity (Wildman–Crippen MR) is 121 cm³/mol. The maximum absolute atomic E-state index is 13.5. The third-order valence-corrected chi connectivity index (χ3v) is 4.98. The van der Waals surface area contributed by atoms with Crippen LogP contribution >= 0.6 is 0 Å². The zero-order chi connectivity index (χ0) is 23.3. The number of anilines is 2. The highest BCUT2D eigenvalue weighted by Gasteiger charge is 2.29. The molecular weight excluding hydrogens is 414 g/mol. The molecule has 0 spiro atoms. The van der Waals surface area contributed by atoms with Crippen LogP contribution in [0.3, 0.4) is 0 Å². The molecule has 0 unspecified atom stereocenters. The number of H-pyrrole nitrogens is 1. The number of rotatable bonds is 8. The van der Waals surface area contributed by atoms with Gasteiger partial charge in [-0.15, -0.1) is 0 Å². The van der Waals surface area contributed by atoms with Crippen LogP contribution in [0.1, 0.15) is 35.7 Å². The molecule has 3 N–H and O–H groups in total. The van der Waals surface area contributed by atoms with Gasteiger partial charge in [-0.25, -0.2) is 4.79 Å². The van der Waals surface area contributed by atoms with E-state index >= 15 is 0 Å². The zero-order valence-electron chi connectivity index (χ0n) is 17.5. The Balaban J connectivity index is 2.21. The minimum absolute atomic E-state index is 0.0784. The van der Waals surface area contributed by atoms with E-state index in [4.69, 9.17) is 5.73 Å². The number of unbranched alkanes of at least 4 members (excludes halogenated alkanes) is 1. The van der Waals surface area contributed by atoms with E-state index < -0.39 is 27.8 Å². The summed E-state index contributed by atoms with van der Waals surface area (Å²) in [5.74, 6) is -0.950. The molecule has 0 aliphatic heterocycles. The summed E-state index contributed by atoms with van der Waals surface area (Å²) in [7, 11) is 0. The van der Waals surface area contributed by atoms with E-state index in [-0.39, 0.29) is 30.2 Å². The van der Waals surface area contributed by atoms with E-state index in [1.807, 2.05) is 6.92 Å². The Hall–Kier alpha value is -4.21. The first-order chi connectivity index (χ1) is 15.3. The molecule has 1 heterocycles. The summed E-state index contributed by atoms with van der Waals surface area (Å²) < 4.78 is 1.20. The van der Waals surface area contributed by atoms with Crippen molar-refractivity contribution in [1.29, 1.82) is 0 Å². The van der Waals surface area contributed by atoms with Crippen molar-refractivity contribution < 1.29 is 9.72 Å². The summed E-state index contributed by atoms with van der Waals surface area (Å²) in [6.07, 6.45) is 1.41. The fourth-order valence-corrected chi connectivity index (χ4v) is 3.35. The van der Waals surface area contributed by atoms with Gasteiger partial charge in [-0.05, 0) is 18.1 Å². The van der Waals surface area contributed by atoms with Crippen LogP contribution in [0.5, 0.6) is 0 Å². The lowest BCUT2D eigenvalue weighted by Gasteiger charge is -2.24. The summed E-state index contributed by atoms with van der Waals surface area (Å²) in [6.45, 7) is 2.11. The third kappa shape index (κ3) is 4.59. The quantitative estimate of drug-likeness (QED) is 0.409. The number of hydrogen-bond donors (Lipinski definition) is 2. The van der Waals surface area contributed by atoms with Gasteiger partial charge in [-0.3, -0.25) is 34.2 Å². The molecule has 0 fully saturated rings. The van der Waals surface area contributed by atoms with E-state index in [1.165, 1.54) is 28.8 Å². The van der Waals surface area contributed by atoms with Crippen molar-refractivity contribution in [3.8, 4) is 0 Å². The molecule has 0 aliphatic carbocycles. The van der Waals surface area contributed by atoms with Gasteiger partial charge in [-0.2, -0.15) is 0 Å². The monoisotopic (exact) mass is 437 g/mol. The maximum Gasteiger partial charge on any atom is 0.330 e. The summed E-state index contributed by atoms with van der Waals surface area (Å²) in [4.78, 5) is 52.7. The van der Waals surface area contributed by atoms with Gasteiger partial charge < -0.3 is 5.73 Å². The van der Waals surface area contributed by atoms with Crippen molar-refractivity contribution >= 4 is 23.1 Å². The molecule has 1 aromatic heterocycles. The van der Waals surface area contributed by atoms with Crippen LogP contribution < -0.4 is 21.9 Å². The number of carbonyl (C=O) groups excluding carboxylic acids is 1. The number of aromatic amines is 1. The molecule has 0 saturated carbocycles. The van der Waals surface area contributed by atoms with Crippen molar-refractivity contribution in [2.45, 2.75) is 32.9 Å². The number of nitrogen functional groups attached to an aromatic ring is 1. The number of nitrogens with zero attached hydrogens (tertiary/aromatic N) is 3. The van der Waals surface area contributed by atoms with Crippen LogP contribution in [0.25, 0.3) is 0 Å². The highest BCUT2D eigenvalue weighted by atomic mass is 16.6. The molecule has 0 saturated heterocycles. The molecule has 10 nitrogen and oxygen atoms in total. The smallest absolute Gasteiger partial charge is 0.330 e. The van der Waals surface area contributed by atoms with Gasteiger partial charge in [0.05, 0.1) is 11.5 Å². The topological polar surface area (TPSA) is 144 Å². The number of aromatic nitrogens is 2. The second-order valence-corrected chi connectivity index (χ2v) is 7.15. The van der Waals surface area contributed by atoms with Crippen LogP contribution in [0.2, 0.25) is 0 Å². The number of nitrogens with one attached hydrogen (secondary N) is 1. The molecule has 0 radical (unpaired) electrons. The fourth-order valence-electron chi connectivity index (χ4n) is 3.35. The lowest BCUT2D eigenvalue weighted by molar-refractivity contribution is -0.385. The number of hydrogen-bond acceptors (Lipinski definition) is 6. The Kier molecular flexibility index (Phi) is 6.83. The molecule has 1 amide bonds. The molecule has 32 heavy (non-hydrogen) atoms. The minimum Gasteiger partial charge on any atom is -0.383 e. The van der Waals surface area contributed by atoms with Crippen molar-refractivity contribution in [3.05, 3.63) is 96.7 Å². The summed E-state index contributed by atoms with van der Waals surface area (Å²) in [5, 5.41) is 11.5. The van der Waals surface area contributed by atoms with Crippen molar-refractivity contribution in [2.24, 2.45) is 0 Å². The lowest BCUT2D eigenvalue weighted by atomic mass is 10.1. The van der Waals surface area contributed by atoms with E-state index in [0.29, 0.717) is 12.0 Å². The second-order valence-electron chi connectivity index (χ2n) is 7.15. The van der Waals surface area contributed by atoms with Crippen LogP contribution in [0, 0.1) is 10.1 Å². The summed E-state index contributed by atoms with van der Waals surface area (Å²) in [5.41, 5.74) is 4.53. The van der Waals surface area contributed by atoms with Crippen molar-refractivity contribution in [2.75, 3.05) is 10.6 Å². The van der Waals surface area contributed by atoms with Crippen LogP contribution in [-0.4, -0.2) is 20.4 Å². The van der Waals surface area contributed by atoms with Gasteiger partial charge in [0.2, 0.25) is 0 Å². The second kappa shape index (κ2) is 9.73. The molecule has 166 valence electrons. The Morgan fingerprint density at radius 1 is 1.12 bits per heavy atom. The molecule has 0 atom stereocenters. The zero-order valence-corrected chi connectivity index (χ0v) is 17.5. The molecule has 3 rings (SSSR count). The SMILES string of the molecule is CCCCn1c(N)c(N(Cc2ccccc2)C(=O)c2ccccc2[N+](=O)[O-])c(=O)[nH]c1=O. The number of nitrogens with two attached hydrogens (primary N) is 1. The van der Waals surface area contributed by atoms with Gasteiger partial charge >= 0.3 is 5.69 Å². The Morgan fingerprint density at radius 2 is 1.78 bits per heavy atom. The molecule has 0 bridgehead atoms. The summed E-state index contributed by atoms with van der Waals surface area (Å²) in [6, 6.07) is 14.3. The van der Waals surface area contributed by atoms with E-state index in [9.17, 15) is 24.5 Å².